The van der Waals surface area contributed by atoms with Gasteiger partial charge < -0.3 is 18.8 Å². The van der Waals surface area contributed by atoms with Crippen molar-refractivity contribution in [3.8, 4) is 23.3 Å². The summed E-state index contributed by atoms with van der Waals surface area (Å²) < 4.78 is 12.9. The second-order valence-electron chi connectivity index (χ2n) is 6.66. The van der Waals surface area contributed by atoms with Crippen LogP contribution in [0.1, 0.15) is 30.3 Å². The molecule has 1 aromatic carbocycles. The molecule has 3 aromatic rings. The van der Waals surface area contributed by atoms with E-state index in [1.807, 2.05) is 37.3 Å². The first kappa shape index (κ1) is 20.4. The molecule has 0 fully saturated rings. The van der Waals surface area contributed by atoms with Crippen molar-refractivity contribution < 1.29 is 19.1 Å². The van der Waals surface area contributed by atoms with E-state index in [4.69, 9.17) is 9.15 Å². The lowest BCUT2D eigenvalue weighted by Gasteiger charge is -2.11. The molecule has 29 heavy (non-hydrogen) atoms. The van der Waals surface area contributed by atoms with E-state index in [0.29, 0.717) is 18.7 Å². The fraction of sp³-hybridized carbons (Fsp3) is 0.304. The molecule has 2 aromatic heterocycles. The number of benzene rings is 1. The summed E-state index contributed by atoms with van der Waals surface area (Å²) in [7, 11) is 1.60. The minimum absolute atomic E-state index is 0.213. The average molecular weight is 392 g/mol. The molecule has 0 bridgehead atoms. The summed E-state index contributed by atoms with van der Waals surface area (Å²) in [6.07, 6.45) is 4.68. The number of aryl methyl sites for hydroxylation is 2. The zero-order valence-electron chi connectivity index (χ0n) is 16.5. The monoisotopic (exact) mass is 392 g/mol. The standard InChI is InChI=1S/C23H24N2O4/c1-17-20(24-22(29-17)18-9-4-3-5-10-18)14-13-19(28-2)11-8-12-21(23(26)27)25-15-6-7-16-25/h3-7,9-10,15-16,19,21H,12-14H2,1-2H3,(H,26,27)/t19-,21-/m0/s1. The lowest BCUT2D eigenvalue weighted by molar-refractivity contribution is -0.140. The number of aromatic nitrogens is 2. The Morgan fingerprint density at radius 1 is 1.24 bits per heavy atom. The van der Waals surface area contributed by atoms with Crippen molar-refractivity contribution in [2.24, 2.45) is 0 Å². The molecule has 0 unspecified atom stereocenters. The van der Waals surface area contributed by atoms with Crippen molar-refractivity contribution in [1.82, 2.24) is 9.55 Å². The van der Waals surface area contributed by atoms with Gasteiger partial charge in [0.15, 0.2) is 0 Å². The van der Waals surface area contributed by atoms with E-state index in [2.05, 4.69) is 16.8 Å². The zero-order valence-corrected chi connectivity index (χ0v) is 16.5. The minimum atomic E-state index is -0.906. The van der Waals surface area contributed by atoms with Crippen molar-refractivity contribution in [1.29, 1.82) is 0 Å². The fourth-order valence-electron chi connectivity index (χ4n) is 3.03. The molecule has 150 valence electrons. The van der Waals surface area contributed by atoms with Gasteiger partial charge in [0.25, 0.3) is 0 Å². The molecule has 6 heteroatoms. The molecule has 0 aliphatic carbocycles. The highest BCUT2D eigenvalue weighted by atomic mass is 16.5. The van der Waals surface area contributed by atoms with Crippen molar-refractivity contribution >= 4 is 5.97 Å². The highest BCUT2D eigenvalue weighted by molar-refractivity contribution is 5.72. The number of carboxylic acids is 1. The van der Waals surface area contributed by atoms with E-state index in [9.17, 15) is 9.90 Å². The van der Waals surface area contributed by atoms with Crippen LogP contribution >= 0.6 is 0 Å². The van der Waals surface area contributed by atoms with E-state index in [0.717, 1.165) is 17.0 Å². The van der Waals surface area contributed by atoms with Crippen LogP contribution in [-0.2, 0) is 16.0 Å². The van der Waals surface area contributed by atoms with Crippen LogP contribution in [0.25, 0.3) is 11.5 Å². The Morgan fingerprint density at radius 2 is 1.97 bits per heavy atom. The normalized spacial score (nSPS) is 12.8. The first-order valence-corrected chi connectivity index (χ1v) is 9.46. The van der Waals surface area contributed by atoms with E-state index in [1.165, 1.54) is 0 Å². The SMILES string of the molecule is CO[C@@H](C#CC[C@@H](C(=O)O)n1cccc1)CCc1nc(-c2ccccc2)oc1C. The van der Waals surface area contributed by atoms with Gasteiger partial charge in [-0.1, -0.05) is 30.0 Å². The van der Waals surface area contributed by atoms with Crippen LogP contribution < -0.4 is 0 Å². The van der Waals surface area contributed by atoms with Gasteiger partial charge in [-0.3, -0.25) is 0 Å². The number of hydrogen-bond acceptors (Lipinski definition) is 4. The molecule has 0 saturated heterocycles. The Morgan fingerprint density at radius 3 is 2.62 bits per heavy atom. The van der Waals surface area contributed by atoms with Gasteiger partial charge in [-0.05, 0) is 44.0 Å². The maximum atomic E-state index is 11.5. The number of aliphatic carboxylic acids is 1. The number of oxazole rings is 1. The third-order valence-corrected chi connectivity index (χ3v) is 4.67. The fourth-order valence-corrected chi connectivity index (χ4v) is 3.03. The van der Waals surface area contributed by atoms with Crippen LogP contribution in [0.5, 0.6) is 0 Å². The Labute approximate surface area is 170 Å². The van der Waals surface area contributed by atoms with Gasteiger partial charge in [-0.15, -0.1) is 0 Å². The Kier molecular flexibility index (Phi) is 6.88. The zero-order chi connectivity index (χ0) is 20.6. The van der Waals surface area contributed by atoms with Gasteiger partial charge in [0, 0.05) is 31.5 Å². The Bertz CT molecular complexity index is 981. The van der Waals surface area contributed by atoms with Crippen LogP contribution in [0.3, 0.4) is 0 Å². The molecule has 0 spiro atoms. The molecule has 0 saturated carbocycles. The third-order valence-electron chi connectivity index (χ3n) is 4.67. The molecule has 6 nitrogen and oxygen atoms in total. The molecule has 1 N–H and O–H groups in total. The number of carboxylic acid groups (broad SMARTS) is 1. The van der Waals surface area contributed by atoms with E-state index in [-0.39, 0.29) is 12.5 Å². The van der Waals surface area contributed by atoms with Gasteiger partial charge >= 0.3 is 5.97 Å². The van der Waals surface area contributed by atoms with Crippen LogP contribution in [0.2, 0.25) is 0 Å². The van der Waals surface area contributed by atoms with Crippen LogP contribution in [0.15, 0.2) is 59.3 Å². The van der Waals surface area contributed by atoms with Crippen molar-refractivity contribution in [3.63, 3.8) is 0 Å². The maximum Gasteiger partial charge on any atom is 0.327 e. The lowest BCUT2D eigenvalue weighted by Crippen LogP contribution is -2.17. The number of rotatable bonds is 8. The summed E-state index contributed by atoms with van der Waals surface area (Å²) in [5.41, 5.74) is 1.82. The summed E-state index contributed by atoms with van der Waals surface area (Å²) in [5.74, 6) is 6.49. The number of ether oxygens (including phenoxy) is 1. The summed E-state index contributed by atoms with van der Waals surface area (Å²) in [6.45, 7) is 1.90. The third kappa shape index (κ3) is 5.37. The van der Waals surface area contributed by atoms with Gasteiger partial charge in [-0.25, -0.2) is 9.78 Å². The lowest BCUT2D eigenvalue weighted by atomic mass is 10.1. The number of methoxy groups -OCH3 is 1. The minimum Gasteiger partial charge on any atom is -0.480 e. The van der Waals surface area contributed by atoms with Gasteiger partial charge in [-0.2, -0.15) is 0 Å². The van der Waals surface area contributed by atoms with Crippen LogP contribution in [-0.4, -0.2) is 33.8 Å². The second kappa shape index (κ2) is 9.76. The summed E-state index contributed by atoms with van der Waals surface area (Å²) in [5, 5.41) is 9.41. The molecule has 2 heterocycles. The summed E-state index contributed by atoms with van der Waals surface area (Å²) in [4.78, 5) is 16.1. The largest absolute Gasteiger partial charge is 0.480 e. The second-order valence-corrected chi connectivity index (χ2v) is 6.66. The number of nitrogens with zero attached hydrogens (tertiary/aromatic N) is 2. The predicted molar refractivity (Wildman–Crippen MR) is 109 cm³/mol. The van der Waals surface area contributed by atoms with E-state index < -0.39 is 12.0 Å². The number of carbonyl (C=O) groups is 1. The predicted octanol–water partition coefficient (Wildman–Crippen LogP) is 4.12. The molecule has 0 aliphatic rings. The quantitative estimate of drug-likeness (QED) is 0.584. The molecular weight excluding hydrogens is 368 g/mol. The first-order valence-electron chi connectivity index (χ1n) is 9.46. The van der Waals surface area contributed by atoms with E-state index in [1.54, 1.807) is 36.2 Å². The van der Waals surface area contributed by atoms with Crippen LogP contribution in [0, 0.1) is 18.8 Å². The highest BCUT2D eigenvalue weighted by Gasteiger charge is 2.17. The van der Waals surface area contributed by atoms with E-state index >= 15 is 0 Å². The molecule has 3 rings (SSSR count). The Hall–Kier alpha value is -3.30. The number of hydrogen-bond donors (Lipinski definition) is 1. The molecular formula is C23H24N2O4. The summed E-state index contributed by atoms with van der Waals surface area (Å²) in [6, 6.07) is 12.7. The van der Waals surface area contributed by atoms with Crippen molar-refractivity contribution in [2.75, 3.05) is 7.11 Å². The molecule has 2 atom stereocenters. The molecule has 0 radical (unpaired) electrons. The highest BCUT2D eigenvalue weighted by Crippen LogP contribution is 2.22. The van der Waals surface area contributed by atoms with Crippen molar-refractivity contribution in [2.45, 2.75) is 38.3 Å². The smallest absolute Gasteiger partial charge is 0.327 e. The van der Waals surface area contributed by atoms with Crippen molar-refractivity contribution in [3.05, 3.63) is 66.3 Å². The Balaban J connectivity index is 1.61. The topological polar surface area (TPSA) is 77.5 Å². The van der Waals surface area contributed by atoms with Gasteiger partial charge in [0.05, 0.1) is 5.69 Å². The average Bonchev–Trinajstić information content (AvgIpc) is 3.38. The molecule has 0 aliphatic heterocycles. The molecule has 0 amide bonds. The first-order chi connectivity index (χ1) is 14.1. The maximum absolute atomic E-state index is 11.5. The summed E-state index contributed by atoms with van der Waals surface area (Å²) >= 11 is 0. The van der Waals surface area contributed by atoms with Gasteiger partial charge in [0.2, 0.25) is 5.89 Å². The van der Waals surface area contributed by atoms with Gasteiger partial charge in [0.1, 0.15) is 17.9 Å². The van der Waals surface area contributed by atoms with Crippen LogP contribution in [0.4, 0.5) is 0 Å².